The summed E-state index contributed by atoms with van der Waals surface area (Å²) in [5.74, 6) is 0. The Morgan fingerprint density at radius 2 is 2.47 bits per heavy atom. The topological polar surface area (TPSA) is 48.7 Å². The van der Waals surface area contributed by atoms with E-state index in [9.17, 15) is 0 Å². The minimum atomic E-state index is 0.540. The second-order valence-electron chi connectivity index (χ2n) is 4.32. The predicted molar refractivity (Wildman–Crippen MR) is 70.7 cm³/mol. The molecule has 4 heteroatoms. The fourth-order valence-corrected chi connectivity index (χ4v) is 3.33. The van der Waals surface area contributed by atoms with E-state index >= 15 is 0 Å². The Bertz CT molecular complexity index is 413. The monoisotopic (exact) mass is 247 g/mol. The maximum absolute atomic E-state index is 8.96. The van der Waals surface area contributed by atoms with Gasteiger partial charge in [0, 0.05) is 29.6 Å². The van der Waals surface area contributed by atoms with Crippen molar-refractivity contribution >= 4 is 11.8 Å². The Morgan fingerprint density at radius 1 is 1.59 bits per heavy atom. The quantitative estimate of drug-likeness (QED) is 0.887. The third-order valence-corrected chi connectivity index (χ3v) is 4.48. The molecule has 1 aliphatic rings. The largest absolute Gasteiger partial charge is 0.309 e. The second kappa shape index (κ2) is 6.04. The first-order valence-electron chi connectivity index (χ1n) is 5.95. The van der Waals surface area contributed by atoms with E-state index in [1.807, 2.05) is 23.9 Å². The predicted octanol–water partition coefficient (Wildman–Crippen LogP) is 2.33. The number of hydrogen-bond acceptors (Lipinski definition) is 4. The van der Waals surface area contributed by atoms with Crippen LogP contribution in [0.5, 0.6) is 0 Å². The minimum Gasteiger partial charge on any atom is -0.309 e. The van der Waals surface area contributed by atoms with Gasteiger partial charge in [0.1, 0.15) is 11.8 Å². The van der Waals surface area contributed by atoms with Crippen LogP contribution in [0, 0.1) is 11.3 Å². The minimum absolute atomic E-state index is 0.540. The zero-order valence-corrected chi connectivity index (χ0v) is 10.8. The average molecular weight is 247 g/mol. The van der Waals surface area contributed by atoms with Gasteiger partial charge >= 0.3 is 0 Å². The van der Waals surface area contributed by atoms with E-state index < -0.39 is 0 Å². The molecule has 1 saturated carbocycles. The summed E-state index contributed by atoms with van der Waals surface area (Å²) >= 11 is 1.94. The number of nitrogens with zero attached hydrogens (tertiary/aromatic N) is 2. The Balaban J connectivity index is 1.96. The summed E-state index contributed by atoms with van der Waals surface area (Å²) < 4.78 is 0. The lowest BCUT2D eigenvalue weighted by atomic mass is 10.1. The fourth-order valence-electron chi connectivity index (χ4n) is 2.36. The summed E-state index contributed by atoms with van der Waals surface area (Å²) in [6.45, 7) is 0.748. The zero-order chi connectivity index (χ0) is 12.1. The van der Waals surface area contributed by atoms with Gasteiger partial charge in [-0.1, -0.05) is 12.5 Å². The molecule has 0 spiro atoms. The van der Waals surface area contributed by atoms with Crippen LogP contribution >= 0.6 is 11.8 Å². The lowest BCUT2D eigenvalue weighted by molar-refractivity contribution is 0.531. The Hall–Kier alpha value is -1.05. The molecule has 0 saturated heterocycles. The first kappa shape index (κ1) is 12.4. The van der Waals surface area contributed by atoms with Crippen LogP contribution in [0.3, 0.4) is 0 Å². The molecule has 1 N–H and O–H groups in total. The highest BCUT2D eigenvalue weighted by molar-refractivity contribution is 7.99. The maximum Gasteiger partial charge on any atom is 0.144 e. The van der Waals surface area contributed by atoms with Crippen molar-refractivity contribution in [3.05, 3.63) is 29.6 Å². The smallest absolute Gasteiger partial charge is 0.144 e. The van der Waals surface area contributed by atoms with Crippen molar-refractivity contribution in [1.29, 1.82) is 5.26 Å². The van der Waals surface area contributed by atoms with Gasteiger partial charge in [0.05, 0.1) is 0 Å². The van der Waals surface area contributed by atoms with Crippen LogP contribution in [0.2, 0.25) is 0 Å². The number of hydrogen-bond donors (Lipinski definition) is 1. The summed E-state index contributed by atoms with van der Waals surface area (Å²) in [5, 5.41) is 13.2. The molecular formula is C13H17N3S. The lowest BCUT2D eigenvalue weighted by Gasteiger charge is -2.19. The molecule has 1 aliphatic carbocycles. The van der Waals surface area contributed by atoms with Gasteiger partial charge in [0.2, 0.25) is 0 Å². The average Bonchev–Trinajstić information content (AvgIpc) is 2.84. The maximum atomic E-state index is 8.96. The van der Waals surface area contributed by atoms with Crippen molar-refractivity contribution < 1.29 is 0 Å². The molecule has 0 aromatic carbocycles. The molecule has 1 aromatic rings. The van der Waals surface area contributed by atoms with E-state index in [0.29, 0.717) is 11.7 Å². The molecule has 17 heavy (non-hydrogen) atoms. The Kier molecular flexibility index (Phi) is 4.41. The highest BCUT2D eigenvalue weighted by Crippen LogP contribution is 2.28. The molecule has 1 heterocycles. The number of thioether (sulfide) groups is 1. The summed E-state index contributed by atoms with van der Waals surface area (Å²) in [4.78, 5) is 4.08. The van der Waals surface area contributed by atoms with Gasteiger partial charge in [-0.15, -0.1) is 0 Å². The van der Waals surface area contributed by atoms with Gasteiger partial charge in [-0.2, -0.15) is 17.0 Å². The fraction of sp³-hybridized carbons (Fsp3) is 0.538. The van der Waals surface area contributed by atoms with Gasteiger partial charge < -0.3 is 5.32 Å². The molecule has 90 valence electrons. The van der Waals surface area contributed by atoms with Crippen LogP contribution in [0.15, 0.2) is 18.3 Å². The number of nitrogens with one attached hydrogen (secondary N) is 1. The SMILES string of the molecule is CSC1CCCC1NCc1cccnc1C#N. The summed E-state index contributed by atoms with van der Waals surface area (Å²) in [6, 6.07) is 6.58. The van der Waals surface area contributed by atoms with Crippen molar-refractivity contribution in [2.75, 3.05) is 6.26 Å². The van der Waals surface area contributed by atoms with Crippen LogP contribution in [-0.4, -0.2) is 22.5 Å². The van der Waals surface area contributed by atoms with Crippen molar-refractivity contribution in [2.45, 2.75) is 37.1 Å². The first-order chi connectivity index (χ1) is 8.35. The van der Waals surface area contributed by atoms with Crippen molar-refractivity contribution in [3.8, 4) is 6.07 Å². The van der Waals surface area contributed by atoms with E-state index in [2.05, 4.69) is 22.6 Å². The van der Waals surface area contributed by atoms with E-state index in [0.717, 1.165) is 17.4 Å². The second-order valence-corrected chi connectivity index (χ2v) is 5.39. The van der Waals surface area contributed by atoms with Gasteiger partial charge in [-0.05, 0) is 25.2 Å². The third-order valence-electron chi connectivity index (χ3n) is 3.31. The van der Waals surface area contributed by atoms with E-state index in [1.54, 1.807) is 6.20 Å². The van der Waals surface area contributed by atoms with E-state index in [4.69, 9.17) is 5.26 Å². The van der Waals surface area contributed by atoms with Crippen LogP contribution in [0.25, 0.3) is 0 Å². The Morgan fingerprint density at radius 3 is 3.24 bits per heavy atom. The van der Waals surface area contributed by atoms with Crippen LogP contribution in [0.4, 0.5) is 0 Å². The molecule has 3 nitrogen and oxygen atoms in total. The normalized spacial score (nSPS) is 23.5. The van der Waals surface area contributed by atoms with E-state index in [1.165, 1.54) is 19.3 Å². The molecule has 2 unspecified atom stereocenters. The molecule has 2 rings (SSSR count). The zero-order valence-electron chi connectivity index (χ0n) is 10.0. The highest BCUT2D eigenvalue weighted by Gasteiger charge is 2.25. The number of aromatic nitrogens is 1. The van der Waals surface area contributed by atoms with Crippen LogP contribution in [0.1, 0.15) is 30.5 Å². The van der Waals surface area contributed by atoms with E-state index in [-0.39, 0.29) is 0 Å². The van der Waals surface area contributed by atoms with Gasteiger partial charge in [-0.25, -0.2) is 4.98 Å². The Labute approximate surface area is 107 Å². The number of nitriles is 1. The van der Waals surface area contributed by atoms with Crippen molar-refractivity contribution in [1.82, 2.24) is 10.3 Å². The molecule has 1 fully saturated rings. The standard InChI is InChI=1S/C13H17N3S/c1-17-13-6-2-5-11(13)16-9-10-4-3-7-15-12(10)8-14/h3-4,7,11,13,16H,2,5-6,9H2,1H3. The van der Waals surface area contributed by atoms with Crippen LogP contribution in [-0.2, 0) is 6.54 Å². The van der Waals surface area contributed by atoms with Gasteiger partial charge in [0.25, 0.3) is 0 Å². The summed E-state index contributed by atoms with van der Waals surface area (Å²) in [7, 11) is 0. The number of rotatable bonds is 4. The molecule has 0 amide bonds. The molecule has 1 aromatic heterocycles. The van der Waals surface area contributed by atoms with Gasteiger partial charge in [-0.3, -0.25) is 0 Å². The van der Waals surface area contributed by atoms with Crippen molar-refractivity contribution in [3.63, 3.8) is 0 Å². The van der Waals surface area contributed by atoms with Crippen molar-refractivity contribution in [2.24, 2.45) is 0 Å². The molecule has 2 atom stereocenters. The van der Waals surface area contributed by atoms with Crippen LogP contribution < -0.4 is 5.32 Å². The summed E-state index contributed by atoms with van der Waals surface area (Å²) in [6.07, 6.45) is 7.70. The highest BCUT2D eigenvalue weighted by atomic mass is 32.2. The molecular weight excluding hydrogens is 230 g/mol. The summed E-state index contributed by atoms with van der Waals surface area (Å²) in [5.41, 5.74) is 1.54. The third kappa shape index (κ3) is 2.99. The first-order valence-corrected chi connectivity index (χ1v) is 7.24. The molecule has 0 bridgehead atoms. The van der Waals surface area contributed by atoms with Gasteiger partial charge in [0.15, 0.2) is 0 Å². The number of pyridine rings is 1. The molecule has 0 radical (unpaired) electrons. The molecule has 0 aliphatic heterocycles. The lowest BCUT2D eigenvalue weighted by Crippen LogP contribution is -2.33.